The molecule has 0 aromatic heterocycles. The maximum atomic E-state index is 12.3. The fourth-order valence-electron chi connectivity index (χ4n) is 8.34. The fraction of sp³-hybridized carbons (Fsp3) is 0.961. The Morgan fingerprint density at radius 2 is 0.661 bits per heavy atom. The van der Waals surface area contributed by atoms with E-state index in [0.29, 0.717) is 32.1 Å². The molecule has 334 valence electrons. The van der Waals surface area contributed by atoms with Gasteiger partial charge in [-0.3, -0.25) is 9.59 Å². The number of rotatable bonds is 45. The second-order valence-corrected chi connectivity index (χ2v) is 18.2. The summed E-state index contributed by atoms with van der Waals surface area (Å²) >= 11 is 0. The Hall–Kier alpha value is -1.10. The second-order valence-electron chi connectivity index (χ2n) is 18.2. The van der Waals surface area contributed by atoms with Gasteiger partial charge >= 0.3 is 11.9 Å². The third-order valence-corrected chi connectivity index (χ3v) is 12.2. The summed E-state index contributed by atoms with van der Waals surface area (Å²) in [5.41, 5.74) is 0. The van der Waals surface area contributed by atoms with Crippen LogP contribution in [0.2, 0.25) is 0 Å². The van der Waals surface area contributed by atoms with Crippen molar-refractivity contribution in [2.24, 2.45) is 17.8 Å². The Balaban J connectivity index is 3.95. The van der Waals surface area contributed by atoms with Crippen LogP contribution in [-0.4, -0.2) is 37.7 Å². The third kappa shape index (κ3) is 39.7. The number of nitrogens with one attached hydrogen (secondary N) is 1. The molecule has 0 fully saturated rings. The van der Waals surface area contributed by atoms with Crippen molar-refractivity contribution in [1.29, 1.82) is 0 Å². The molecule has 5 heteroatoms. The van der Waals surface area contributed by atoms with Gasteiger partial charge in [-0.2, -0.15) is 0 Å². The molecule has 0 spiro atoms. The number of carbonyl (C=O) groups is 2. The van der Waals surface area contributed by atoms with Crippen molar-refractivity contribution >= 4 is 11.9 Å². The lowest BCUT2D eigenvalue weighted by atomic mass is 9.92. The summed E-state index contributed by atoms with van der Waals surface area (Å²) in [7, 11) is 0. The minimum Gasteiger partial charge on any atom is -0.466 e. The molecule has 56 heavy (non-hydrogen) atoms. The normalized spacial score (nSPS) is 11.8. The van der Waals surface area contributed by atoms with Crippen molar-refractivity contribution in [2.45, 2.75) is 279 Å². The fourth-order valence-corrected chi connectivity index (χ4v) is 8.34. The number of hydrogen-bond donors (Lipinski definition) is 1. The van der Waals surface area contributed by atoms with Crippen LogP contribution < -0.4 is 5.32 Å². The van der Waals surface area contributed by atoms with E-state index >= 15 is 0 Å². The maximum Gasteiger partial charge on any atom is 0.305 e. The van der Waals surface area contributed by atoms with E-state index in [1.165, 1.54) is 180 Å². The first kappa shape index (κ1) is 54.9. The van der Waals surface area contributed by atoms with Gasteiger partial charge in [-0.1, -0.05) is 221 Å². The van der Waals surface area contributed by atoms with Crippen LogP contribution >= 0.6 is 0 Å². The molecule has 0 aliphatic heterocycles. The van der Waals surface area contributed by atoms with E-state index in [-0.39, 0.29) is 11.9 Å². The van der Waals surface area contributed by atoms with Gasteiger partial charge in [-0.25, -0.2) is 0 Å². The molecule has 0 rings (SSSR count). The van der Waals surface area contributed by atoms with Gasteiger partial charge in [0.15, 0.2) is 0 Å². The Morgan fingerprint density at radius 1 is 0.375 bits per heavy atom. The topological polar surface area (TPSA) is 64.6 Å². The molecule has 0 heterocycles. The minimum atomic E-state index is 0.0191. The van der Waals surface area contributed by atoms with E-state index in [4.69, 9.17) is 9.47 Å². The van der Waals surface area contributed by atoms with Crippen molar-refractivity contribution in [3.8, 4) is 0 Å². The molecular weight excluding hydrogens is 691 g/mol. The molecule has 0 atom stereocenters. The maximum absolute atomic E-state index is 12.3. The monoisotopic (exact) mass is 792 g/mol. The number of carbonyl (C=O) groups excluding carboxylic acids is 2. The average molecular weight is 792 g/mol. The Morgan fingerprint density at radius 3 is 0.982 bits per heavy atom. The highest BCUT2D eigenvalue weighted by molar-refractivity contribution is 5.69. The second kappa shape index (κ2) is 43.5. The first-order valence-corrected chi connectivity index (χ1v) is 25.4. The van der Waals surface area contributed by atoms with Crippen LogP contribution in [0.5, 0.6) is 0 Å². The van der Waals surface area contributed by atoms with E-state index in [0.717, 1.165) is 62.8 Å². The van der Waals surface area contributed by atoms with Crippen LogP contribution in [0.25, 0.3) is 0 Å². The third-order valence-electron chi connectivity index (χ3n) is 12.2. The Bertz CT molecular complexity index is 736. The van der Waals surface area contributed by atoms with E-state index in [2.05, 4.69) is 46.9 Å². The highest BCUT2D eigenvalue weighted by Crippen LogP contribution is 2.23. The van der Waals surface area contributed by atoms with Crippen LogP contribution in [0.1, 0.15) is 273 Å². The summed E-state index contributed by atoms with van der Waals surface area (Å²) < 4.78 is 11.3. The molecule has 0 aliphatic carbocycles. The first-order valence-electron chi connectivity index (χ1n) is 25.4. The highest BCUT2D eigenvalue weighted by Gasteiger charge is 2.13. The standard InChI is InChI=1S/C51H101NO4/c1-7-11-25-33-47(34-26-12-8-2)41-43-55-50(53)39-31-23-19-15-17-21-29-37-49(45-52-46(5)6)38-30-22-18-16-20-24-32-40-51(54)56-44-42-48(35-27-13-9-3)36-28-14-10-4/h46-49,52H,7-45H2,1-6H3. The van der Waals surface area contributed by atoms with Gasteiger partial charge in [-0.05, 0) is 62.8 Å². The van der Waals surface area contributed by atoms with Crippen molar-refractivity contribution in [1.82, 2.24) is 5.32 Å². The molecule has 0 bridgehead atoms. The zero-order valence-electron chi connectivity index (χ0n) is 39.0. The number of hydrogen-bond acceptors (Lipinski definition) is 5. The average Bonchev–Trinajstić information content (AvgIpc) is 3.18. The van der Waals surface area contributed by atoms with Gasteiger partial charge in [0, 0.05) is 18.9 Å². The van der Waals surface area contributed by atoms with Crippen LogP contribution in [0, 0.1) is 17.8 Å². The summed E-state index contributed by atoms with van der Waals surface area (Å²) in [6.07, 6.45) is 44.2. The lowest BCUT2D eigenvalue weighted by molar-refractivity contribution is -0.145. The van der Waals surface area contributed by atoms with Crippen LogP contribution in [0.4, 0.5) is 0 Å². The smallest absolute Gasteiger partial charge is 0.305 e. The van der Waals surface area contributed by atoms with Gasteiger partial charge in [0.1, 0.15) is 0 Å². The van der Waals surface area contributed by atoms with Gasteiger partial charge < -0.3 is 14.8 Å². The van der Waals surface area contributed by atoms with Gasteiger partial charge in [-0.15, -0.1) is 0 Å². The van der Waals surface area contributed by atoms with Crippen molar-refractivity contribution in [3.63, 3.8) is 0 Å². The molecule has 0 amide bonds. The summed E-state index contributed by atoms with van der Waals surface area (Å²) in [6.45, 7) is 16.0. The molecule has 0 unspecified atom stereocenters. The van der Waals surface area contributed by atoms with Crippen LogP contribution in [0.3, 0.4) is 0 Å². The van der Waals surface area contributed by atoms with Crippen molar-refractivity contribution in [2.75, 3.05) is 19.8 Å². The first-order chi connectivity index (χ1) is 27.4. The summed E-state index contributed by atoms with van der Waals surface area (Å²) in [5.74, 6) is 2.29. The lowest BCUT2D eigenvalue weighted by Gasteiger charge is -2.19. The van der Waals surface area contributed by atoms with E-state index < -0.39 is 0 Å². The van der Waals surface area contributed by atoms with Gasteiger partial charge in [0.05, 0.1) is 13.2 Å². The molecule has 0 aromatic rings. The molecule has 0 saturated carbocycles. The van der Waals surface area contributed by atoms with Crippen molar-refractivity contribution < 1.29 is 19.1 Å². The Labute approximate surface area is 351 Å². The van der Waals surface area contributed by atoms with Gasteiger partial charge in [0.2, 0.25) is 0 Å². The number of ether oxygens (including phenoxy) is 2. The van der Waals surface area contributed by atoms with Gasteiger partial charge in [0.25, 0.3) is 0 Å². The number of unbranched alkanes of at least 4 members (excludes halogenated alkanes) is 20. The quantitative estimate of drug-likeness (QED) is 0.0491. The summed E-state index contributed by atoms with van der Waals surface area (Å²) in [6, 6.07) is 0.554. The highest BCUT2D eigenvalue weighted by atomic mass is 16.5. The lowest BCUT2D eigenvalue weighted by Crippen LogP contribution is -2.29. The molecule has 0 aliphatic rings. The molecule has 0 radical (unpaired) electrons. The predicted octanol–water partition coefficient (Wildman–Crippen LogP) is 16.0. The van der Waals surface area contributed by atoms with Crippen LogP contribution in [0.15, 0.2) is 0 Å². The molecule has 0 aromatic carbocycles. The number of esters is 2. The van der Waals surface area contributed by atoms with E-state index in [1.54, 1.807) is 0 Å². The summed E-state index contributed by atoms with van der Waals surface area (Å²) in [5, 5.41) is 3.72. The molecule has 5 nitrogen and oxygen atoms in total. The molecule has 0 saturated heterocycles. The largest absolute Gasteiger partial charge is 0.466 e. The molecule has 1 N–H and O–H groups in total. The minimum absolute atomic E-state index is 0.0191. The van der Waals surface area contributed by atoms with Crippen molar-refractivity contribution in [3.05, 3.63) is 0 Å². The van der Waals surface area contributed by atoms with E-state index in [1.807, 2.05) is 0 Å². The SMILES string of the molecule is CCCCCC(CCCCC)CCOC(=O)CCCCCCCCCC(CCCCCCCCCC(=O)OCCC(CCCCC)CCCCC)CNC(C)C. The summed E-state index contributed by atoms with van der Waals surface area (Å²) in [4.78, 5) is 24.6. The Kier molecular flexibility index (Phi) is 42.6. The zero-order chi connectivity index (χ0) is 41.2. The van der Waals surface area contributed by atoms with E-state index in [9.17, 15) is 9.59 Å². The van der Waals surface area contributed by atoms with Crippen LogP contribution in [-0.2, 0) is 19.1 Å². The predicted molar refractivity (Wildman–Crippen MR) is 244 cm³/mol. The molecular formula is C51H101NO4. The zero-order valence-corrected chi connectivity index (χ0v) is 39.0.